The van der Waals surface area contributed by atoms with Crippen LogP contribution in [0.15, 0.2) is 29.2 Å². The number of nitrogens with two attached hydrogens (primary N) is 1. The summed E-state index contributed by atoms with van der Waals surface area (Å²) in [6.07, 6.45) is 4.59. The second kappa shape index (κ2) is 7.02. The molecule has 0 bridgehead atoms. The number of halogens is 1. The molecule has 0 aliphatic carbocycles. The second-order valence-corrected chi connectivity index (χ2v) is 7.97. The highest BCUT2D eigenvalue weighted by atomic mass is 35.5. The Morgan fingerprint density at radius 3 is 2.96 bits per heavy atom. The molecule has 4 rings (SSSR count). The van der Waals surface area contributed by atoms with Gasteiger partial charge in [-0.15, -0.1) is 11.8 Å². The van der Waals surface area contributed by atoms with Crippen LogP contribution in [0.3, 0.4) is 0 Å². The number of aromatic nitrogens is 2. The van der Waals surface area contributed by atoms with Crippen molar-refractivity contribution in [1.29, 1.82) is 0 Å². The number of thioether (sulfide) groups is 1. The summed E-state index contributed by atoms with van der Waals surface area (Å²) in [4.78, 5) is 12.4. The molecule has 1 aromatic carbocycles. The van der Waals surface area contributed by atoms with Crippen LogP contribution in [0.5, 0.6) is 0 Å². The minimum absolute atomic E-state index is 0.308. The van der Waals surface area contributed by atoms with Crippen molar-refractivity contribution in [3.8, 4) is 11.3 Å². The molecule has 7 heteroatoms. The summed E-state index contributed by atoms with van der Waals surface area (Å²) >= 11 is 7.89. The smallest absolute Gasteiger partial charge is 0.222 e. The molecule has 0 amide bonds. The summed E-state index contributed by atoms with van der Waals surface area (Å²) in [5, 5.41) is 4.33. The predicted octanol–water partition coefficient (Wildman–Crippen LogP) is 3.29. The van der Waals surface area contributed by atoms with Gasteiger partial charge in [-0.05, 0) is 49.8 Å². The third kappa shape index (κ3) is 3.43. The molecular formula is C18H22ClN5S. The summed E-state index contributed by atoms with van der Waals surface area (Å²) in [6.45, 7) is 3.12. The maximum atomic E-state index is 6.21. The molecule has 1 aromatic heterocycles. The number of rotatable bonds is 3. The van der Waals surface area contributed by atoms with E-state index in [-0.39, 0.29) is 0 Å². The quantitative estimate of drug-likeness (QED) is 0.802. The van der Waals surface area contributed by atoms with Gasteiger partial charge in [0.05, 0.1) is 5.69 Å². The lowest BCUT2D eigenvalue weighted by Gasteiger charge is -2.24. The van der Waals surface area contributed by atoms with Crippen LogP contribution >= 0.6 is 23.4 Å². The zero-order valence-electron chi connectivity index (χ0n) is 14.2. The molecule has 0 radical (unpaired) electrons. The Bertz CT molecular complexity index is 770. The maximum absolute atomic E-state index is 6.21. The first-order chi connectivity index (χ1) is 12.1. The molecule has 25 heavy (non-hydrogen) atoms. The van der Waals surface area contributed by atoms with Gasteiger partial charge in [0, 0.05) is 40.7 Å². The van der Waals surface area contributed by atoms with E-state index in [0.29, 0.717) is 22.9 Å². The van der Waals surface area contributed by atoms with Crippen molar-refractivity contribution in [1.82, 2.24) is 15.3 Å². The summed E-state index contributed by atoms with van der Waals surface area (Å²) in [7, 11) is 0. The zero-order chi connectivity index (χ0) is 17.4. The highest BCUT2D eigenvalue weighted by Crippen LogP contribution is 2.35. The predicted molar refractivity (Wildman–Crippen MR) is 105 cm³/mol. The third-order valence-corrected chi connectivity index (χ3v) is 6.12. The van der Waals surface area contributed by atoms with E-state index in [0.717, 1.165) is 41.6 Å². The number of anilines is 2. The lowest BCUT2D eigenvalue weighted by Crippen LogP contribution is -2.40. The highest BCUT2D eigenvalue weighted by molar-refractivity contribution is 7.98. The van der Waals surface area contributed by atoms with E-state index < -0.39 is 0 Å². The third-order valence-electron chi connectivity index (χ3n) is 5.09. The normalized spacial score (nSPS) is 22.9. The molecule has 2 unspecified atom stereocenters. The Hall–Kier alpha value is -1.50. The molecule has 3 N–H and O–H groups in total. The fourth-order valence-corrected chi connectivity index (χ4v) is 4.63. The molecule has 132 valence electrons. The monoisotopic (exact) mass is 375 g/mol. The summed E-state index contributed by atoms with van der Waals surface area (Å²) < 4.78 is 0. The SMILES string of the molecule is CSc1ccc(Cl)cc1-c1cc(N2CC3CCCNC3C2)nc(N)n1. The van der Waals surface area contributed by atoms with Gasteiger partial charge in [-0.3, -0.25) is 0 Å². The molecule has 2 aliphatic rings. The molecule has 2 aliphatic heterocycles. The molecule has 5 nitrogen and oxygen atoms in total. The van der Waals surface area contributed by atoms with Gasteiger partial charge in [0.2, 0.25) is 5.95 Å². The van der Waals surface area contributed by atoms with Crippen LogP contribution in [0.4, 0.5) is 11.8 Å². The number of fused-ring (bicyclic) bond motifs is 1. The summed E-state index contributed by atoms with van der Waals surface area (Å²) in [5.74, 6) is 1.91. The van der Waals surface area contributed by atoms with E-state index in [1.165, 1.54) is 12.8 Å². The Morgan fingerprint density at radius 2 is 2.16 bits per heavy atom. The largest absolute Gasteiger partial charge is 0.368 e. The van der Waals surface area contributed by atoms with Crippen molar-refractivity contribution >= 4 is 35.1 Å². The number of hydrogen-bond donors (Lipinski definition) is 2. The van der Waals surface area contributed by atoms with Gasteiger partial charge < -0.3 is 16.0 Å². The molecule has 2 aromatic rings. The molecule has 0 spiro atoms. The number of nitrogen functional groups attached to an aromatic ring is 1. The second-order valence-electron chi connectivity index (χ2n) is 6.68. The Kier molecular flexibility index (Phi) is 4.75. The average Bonchev–Trinajstić information content (AvgIpc) is 3.05. The molecular weight excluding hydrogens is 354 g/mol. The van der Waals surface area contributed by atoms with Gasteiger partial charge in [-0.1, -0.05) is 11.6 Å². The van der Waals surface area contributed by atoms with Crippen molar-refractivity contribution < 1.29 is 0 Å². The number of nitrogens with one attached hydrogen (secondary N) is 1. The topological polar surface area (TPSA) is 67.1 Å². The molecule has 3 heterocycles. The zero-order valence-corrected chi connectivity index (χ0v) is 15.8. The minimum Gasteiger partial charge on any atom is -0.368 e. The van der Waals surface area contributed by atoms with Crippen molar-refractivity contribution in [3.05, 3.63) is 29.3 Å². The van der Waals surface area contributed by atoms with Gasteiger partial charge in [-0.25, -0.2) is 4.98 Å². The fraction of sp³-hybridized carbons (Fsp3) is 0.444. The Morgan fingerprint density at radius 1 is 1.28 bits per heavy atom. The standard InChI is InChI=1S/C18H22ClN5S/c1-25-16-5-4-12(19)7-13(16)14-8-17(23-18(20)22-14)24-9-11-3-2-6-21-15(11)10-24/h4-5,7-8,11,15,21H,2-3,6,9-10H2,1H3,(H2,20,22,23). The maximum Gasteiger partial charge on any atom is 0.222 e. The molecule has 2 fully saturated rings. The van der Waals surface area contributed by atoms with Crippen LogP contribution in [0.1, 0.15) is 12.8 Å². The lowest BCUT2D eigenvalue weighted by atomic mass is 9.94. The van der Waals surface area contributed by atoms with Crippen molar-refractivity contribution in [2.75, 3.05) is 36.5 Å². The van der Waals surface area contributed by atoms with E-state index in [4.69, 9.17) is 17.3 Å². The number of benzene rings is 1. The molecule has 2 saturated heterocycles. The van der Waals surface area contributed by atoms with E-state index in [9.17, 15) is 0 Å². The van der Waals surface area contributed by atoms with Crippen LogP contribution in [-0.2, 0) is 0 Å². The molecule has 0 saturated carbocycles. The van der Waals surface area contributed by atoms with Gasteiger partial charge in [0.1, 0.15) is 5.82 Å². The average molecular weight is 376 g/mol. The summed E-state index contributed by atoms with van der Waals surface area (Å²) in [6, 6.07) is 8.47. The fourth-order valence-electron chi connectivity index (χ4n) is 3.87. The van der Waals surface area contributed by atoms with Gasteiger partial charge in [-0.2, -0.15) is 4.98 Å². The Labute approximate surface area is 157 Å². The first-order valence-electron chi connectivity index (χ1n) is 8.61. The van der Waals surface area contributed by atoms with E-state index >= 15 is 0 Å². The first kappa shape index (κ1) is 16.9. The van der Waals surface area contributed by atoms with Crippen molar-refractivity contribution in [2.45, 2.75) is 23.8 Å². The molecule has 2 atom stereocenters. The van der Waals surface area contributed by atoms with Crippen LogP contribution < -0.4 is 16.0 Å². The summed E-state index contributed by atoms with van der Waals surface area (Å²) in [5.41, 5.74) is 7.87. The minimum atomic E-state index is 0.308. The number of hydrogen-bond acceptors (Lipinski definition) is 6. The van der Waals surface area contributed by atoms with E-state index in [1.54, 1.807) is 11.8 Å². The van der Waals surface area contributed by atoms with E-state index in [2.05, 4.69) is 26.4 Å². The van der Waals surface area contributed by atoms with Gasteiger partial charge in [0.15, 0.2) is 0 Å². The van der Waals surface area contributed by atoms with Crippen LogP contribution in [0.2, 0.25) is 5.02 Å². The number of nitrogens with zero attached hydrogens (tertiary/aromatic N) is 3. The number of piperidine rings is 1. The van der Waals surface area contributed by atoms with Gasteiger partial charge in [0.25, 0.3) is 0 Å². The van der Waals surface area contributed by atoms with E-state index in [1.807, 2.05) is 24.3 Å². The van der Waals surface area contributed by atoms with Gasteiger partial charge >= 0.3 is 0 Å². The van der Waals surface area contributed by atoms with Crippen LogP contribution in [0.25, 0.3) is 11.3 Å². The Balaban J connectivity index is 1.69. The van der Waals surface area contributed by atoms with Crippen molar-refractivity contribution in [2.24, 2.45) is 5.92 Å². The lowest BCUT2D eigenvalue weighted by molar-refractivity contribution is 0.340. The van der Waals surface area contributed by atoms with Crippen molar-refractivity contribution in [3.63, 3.8) is 0 Å². The van der Waals surface area contributed by atoms with Crippen LogP contribution in [-0.4, -0.2) is 41.9 Å². The highest BCUT2D eigenvalue weighted by Gasteiger charge is 2.35. The first-order valence-corrected chi connectivity index (χ1v) is 10.2. The van der Waals surface area contributed by atoms with Crippen LogP contribution in [0, 0.1) is 5.92 Å².